The third-order valence-electron chi connectivity index (χ3n) is 3.42. The first-order valence-electron chi connectivity index (χ1n) is 7.59. The molecule has 0 spiro atoms. The van der Waals surface area contributed by atoms with Crippen LogP contribution in [0.1, 0.15) is 25.0 Å². The van der Waals surface area contributed by atoms with Crippen LogP contribution in [0, 0.1) is 5.82 Å². The molecule has 0 heterocycles. The van der Waals surface area contributed by atoms with Gasteiger partial charge >= 0.3 is 0 Å². The molecular weight excluding hydrogens is 341 g/mol. The summed E-state index contributed by atoms with van der Waals surface area (Å²) in [5, 5.41) is 0. The van der Waals surface area contributed by atoms with E-state index in [0.717, 1.165) is 12.0 Å². The summed E-state index contributed by atoms with van der Waals surface area (Å²) in [6, 6.07) is 12.3. The number of hydrogen-bond donors (Lipinski definition) is 0. The van der Waals surface area contributed by atoms with Crippen LogP contribution in [0.2, 0.25) is 0 Å². The van der Waals surface area contributed by atoms with Crippen molar-refractivity contribution in [2.75, 3.05) is 13.4 Å². The maximum atomic E-state index is 13.2. The second-order valence-electron chi connectivity index (χ2n) is 5.74. The first-order valence-corrected chi connectivity index (χ1v) is 9.48. The molecule has 2 aromatic carbocycles. The molecule has 0 aliphatic carbocycles. The number of methoxy groups -OCH3 is 1. The van der Waals surface area contributed by atoms with Gasteiger partial charge in [-0.25, -0.2) is 12.8 Å². The van der Waals surface area contributed by atoms with Crippen LogP contribution in [0.5, 0.6) is 0 Å². The molecular formula is C19H20FNO3S. The van der Waals surface area contributed by atoms with E-state index in [1.807, 2.05) is 13.8 Å². The van der Waals surface area contributed by atoms with Crippen LogP contribution in [0.25, 0.3) is 11.5 Å². The quantitative estimate of drug-likeness (QED) is 0.456. The second-order valence-corrected chi connectivity index (χ2v) is 7.76. The summed E-state index contributed by atoms with van der Waals surface area (Å²) in [6.45, 7) is 3.70. The van der Waals surface area contributed by atoms with Crippen molar-refractivity contribution in [2.45, 2.75) is 18.7 Å². The van der Waals surface area contributed by atoms with Crippen LogP contribution < -0.4 is 0 Å². The van der Waals surface area contributed by atoms with Crippen LogP contribution in [-0.2, 0) is 14.6 Å². The fourth-order valence-corrected chi connectivity index (χ4v) is 2.91. The third-order valence-corrected chi connectivity index (χ3v) is 4.55. The van der Waals surface area contributed by atoms with Gasteiger partial charge in [-0.15, -0.1) is 0 Å². The molecule has 0 atom stereocenters. The first kappa shape index (κ1) is 18.9. The molecule has 0 fully saturated rings. The third kappa shape index (κ3) is 4.76. The maximum Gasteiger partial charge on any atom is 0.175 e. The lowest BCUT2D eigenvalue weighted by Gasteiger charge is -2.13. The summed E-state index contributed by atoms with van der Waals surface area (Å²) in [4.78, 5) is 4.75. The highest BCUT2D eigenvalue weighted by atomic mass is 32.2. The average Bonchev–Trinajstić information content (AvgIpc) is 2.55. The van der Waals surface area contributed by atoms with Gasteiger partial charge in [0.2, 0.25) is 0 Å². The predicted octanol–water partition coefficient (Wildman–Crippen LogP) is 4.18. The summed E-state index contributed by atoms with van der Waals surface area (Å²) in [6.07, 6.45) is 1.16. The molecule has 4 nitrogen and oxygen atoms in total. The van der Waals surface area contributed by atoms with Crippen LogP contribution in [0.15, 0.2) is 58.4 Å². The molecule has 132 valence electrons. The fraction of sp³-hybridized carbons (Fsp3) is 0.211. The zero-order chi connectivity index (χ0) is 18.6. The molecule has 0 saturated carbocycles. The smallest absolute Gasteiger partial charge is 0.175 e. The van der Waals surface area contributed by atoms with E-state index in [4.69, 9.17) is 4.74 Å². The zero-order valence-electron chi connectivity index (χ0n) is 14.6. The lowest BCUT2D eigenvalue weighted by atomic mass is 10.1. The van der Waals surface area contributed by atoms with E-state index in [-0.39, 0.29) is 10.7 Å². The number of aliphatic imine (C=N–C) groups is 1. The Morgan fingerprint density at radius 2 is 1.48 bits per heavy atom. The van der Waals surface area contributed by atoms with Crippen LogP contribution in [-0.4, -0.2) is 27.5 Å². The molecule has 25 heavy (non-hydrogen) atoms. The number of hydrogen-bond acceptors (Lipinski definition) is 4. The second kappa shape index (κ2) is 7.61. The van der Waals surface area contributed by atoms with Gasteiger partial charge in [-0.2, -0.15) is 0 Å². The Kier molecular flexibility index (Phi) is 5.74. The average molecular weight is 361 g/mol. The van der Waals surface area contributed by atoms with Gasteiger partial charge in [-0.05, 0) is 62.4 Å². The molecule has 2 aromatic rings. The van der Waals surface area contributed by atoms with Crippen molar-refractivity contribution < 1.29 is 17.5 Å². The van der Waals surface area contributed by atoms with Crippen LogP contribution >= 0.6 is 0 Å². The minimum absolute atomic E-state index is 0.227. The molecule has 2 rings (SSSR count). The standard InChI is InChI=1S/C19H20FNO3S/c1-13(2)21-18(14-5-9-16(20)10-6-14)19(24-3)15-7-11-17(12-8-15)25(4,22)23/h5-12H,1-4H3/b19-18-. The molecule has 0 saturated heterocycles. The Morgan fingerprint density at radius 3 is 1.92 bits per heavy atom. The minimum Gasteiger partial charge on any atom is -0.494 e. The minimum atomic E-state index is -3.27. The van der Waals surface area contributed by atoms with Gasteiger partial charge in [0, 0.05) is 23.1 Å². The Balaban J connectivity index is 2.64. The first-order chi connectivity index (χ1) is 11.7. The van der Waals surface area contributed by atoms with Gasteiger partial charge in [0.15, 0.2) is 15.6 Å². The van der Waals surface area contributed by atoms with Gasteiger partial charge < -0.3 is 4.74 Å². The summed E-state index contributed by atoms with van der Waals surface area (Å²) >= 11 is 0. The molecule has 0 aliphatic rings. The van der Waals surface area contributed by atoms with Gasteiger partial charge in [0.25, 0.3) is 0 Å². The number of benzene rings is 2. The van der Waals surface area contributed by atoms with Crippen molar-refractivity contribution in [1.82, 2.24) is 0 Å². The van der Waals surface area contributed by atoms with Crippen molar-refractivity contribution >= 4 is 27.0 Å². The molecule has 0 amide bonds. The highest BCUT2D eigenvalue weighted by Gasteiger charge is 2.14. The van der Waals surface area contributed by atoms with Crippen molar-refractivity contribution in [3.8, 4) is 0 Å². The number of rotatable bonds is 5. The van der Waals surface area contributed by atoms with Gasteiger partial charge in [0.05, 0.1) is 12.0 Å². The van der Waals surface area contributed by atoms with E-state index in [2.05, 4.69) is 4.99 Å². The topological polar surface area (TPSA) is 55.7 Å². The number of ether oxygens (including phenoxy) is 1. The SMILES string of the molecule is CO/C(=C(\N=C(C)C)c1ccc(F)cc1)c1ccc(S(C)(=O)=O)cc1. The Labute approximate surface area is 147 Å². The zero-order valence-corrected chi connectivity index (χ0v) is 15.4. The van der Waals surface area contributed by atoms with Crippen molar-refractivity contribution in [2.24, 2.45) is 4.99 Å². The summed E-state index contributed by atoms with van der Waals surface area (Å²) in [5.41, 5.74) is 2.74. The predicted molar refractivity (Wildman–Crippen MR) is 98.6 cm³/mol. The fourth-order valence-electron chi connectivity index (χ4n) is 2.28. The van der Waals surface area contributed by atoms with E-state index in [9.17, 15) is 12.8 Å². The molecule has 0 bridgehead atoms. The highest BCUT2D eigenvalue weighted by Crippen LogP contribution is 2.29. The van der Waals surface area contributed by atoms with Gasteiger partial charge in [-0.3, -0.25) is 4.99 Å². The number of halogens is 1. The van der Waals surface area contributed by atoms with E-state index in [1.54, 1.807) is 24.3 Å². The Bertz CT molecular complexity index is 908. The summed E-state index contributed by atoms with van der Waals surface area (Å²) < 4.78 is 42.0. The number of nitrogens with zero attached hydrogens (tertiary/aromatic N) is 1. The van der Waals surface area contributed by atoms with E-state index < -0.39 is 9.84 Å². The highest BCUT2D eigenvalue weighted by molar-refractivity contribution is 7.90. The van der Waals surface area contributed by atoms with Crippen molar-refractivity contribution in [3.05, 3.63) is 65.5 Å². The monoisotopic (exact) mass is 361 g/mol. The van der Waals surface area contributed by atoms with Crippen molar-refractivity contribution in [1.29, 1.82) is 0 Å². The molecule has 0 N–H and O–H groups in total. The lowest BCUT2D eigenvalue weighted by molar-refractivity contribution is 0.371. The normalized spacial score (nSPS) is 12.4. The largest absolute Gasteiger partial charge is 0.494 e. The lowest BCUT2D eigenvalue weighted by Crippen LogP contribution is -1.99. The Morgan fingerprint density at radius 1 is 0.960 bits per heavy atom. The molecule has 6 heteroatoms. The van der Waals surface area contributed by atoms with E-state index in [1.165, 1.54) is 31.4 Å². The van der Waals surface area contributed by atoms with Gasteiger partial charge in [0.1, 0.15) is 11.5 Å². The van der Waals surface area contributed by atoms with Crippen LogP contribution in [0.4, 0.5) is 4.39 Å². The molecule has 0 aliphatic heterocycles. The summed E-state index contributed by atoms with van der Waals surface area (Å²) in [7, 11) is -1.76. The molecule has 0 aromatic heterocycles. The van der Waals surface area contributed by atoms with Gasteiger partial charge in [-0.1, -0.05) is 0 Å². The summed E-state index contributed by atoms with van der Waals surface area (Å²) in [5.74, 6) is 0.143. The molecule has 0 unspecified atom stereocenters. The Hall–Kier alpha value is -2.47. The van der Waals surface area contributed by atoms with E-state index in [0.29, 0.717) is 22.6 Å². The number of sulfone groups is 1. The van der Waals surface area contributed by atoms with Crippen LogP contribution in [0.3, 0.4) is 0 Å². The molecule has 0 radical (unpaired) electrons. The maximum absolute atomic E-state index is 13.2. The van der Waals surface area contributed by atoms with E-state index >= 15 is 0 Å². The van der Waals surface area contributed by atoms with Crippen molar-refractivity contribution in [3.63, 3.8) is 0 Å².